The fraction of sp³-hybridized carbons (Fsp3) is 0.600. The molecule has 1 rings (SSSR count). The van der Waals surface area contributed by atoms with Gasteiger partial charge in [-0.05, 0) is 18.9 Å². The molecule has 0 spiro atoms. The van der Waals surface area contributed by atoms with E-state index in [4.69, 9.17) is 0 Å². The SMILES string of the molecule is CCNc1cc(NCC(O)C(CC)CC)cc([N+](=O)[O-])c1. The molecule has 0 aliphatic rings. The maximum Gasteiger partial charge on any atom is 0.273 e. The first kappa shape index (κ1) is 17.2. The fourth-order valence-electron chi connectivity index (χ4n) is 2.35. The summed E-state index contributed by atoms with van der Waals surface area (Å²) in [6.45, 7) is 7.11. The van der Waals surface area contributed by atoms with Crippen molar-refractivity contribution < 1.29 is 10.0 Å². The Hall–Kier alpha value is -1.82. The van der Waals surface area contributed by atoms with Crippen molar-refractivity contribution in [3.8, 4) is 0 Å². The van der Waals surface area contributed by atoms with Crippen molar-refractivity contribution in [3.63, 3.8) is 0 Å². The van der Waals surface area contributed by atoms with Gasteiger partial charge in [-0.1, -0.05) is 26.7 Å². The average Bonchev–Trinajstić information content (AvgIpc) is 2.46. The standard InChI is InChI=1S/C15H25N3O3/c1-4-11(5-2)15(19)10-17-13-7-12(16-6-3)8-14(9-13)18(20)21/h7-9,11,15-17,19H,4-6,10H2,1-3H3. The number of nitrogens with zero attached hydrogens (tertiary/aromatic N) is 1. The molecule has 0 saturated heterocycles. The van der Waals surface area contributed by atoms with Crippen molar-refractivity contribution in [1.29, 1.82) is 0 Å². The van der Waals surface area contributed by atoms with Gasteiger partial charge < -0.3 is 15.7 Å². The van der Waals surface area contributed by atoms with Crippen LogP contribution in [0.5, 0.6) is 0 Å². The summed E-state index contributed by atoms with van der Waals surface area (Å²) in [5.41, 5.74) is 1.38. The summed E-state index contributed by atoms with van der Waals surface area (Å²) in [5.74, 6) is 0.240. The fourth-order valence-corrected chi connectivity index (χ4v) is 2.35. The topological polar surface area (TPSA) is 87.4 Å². The number of benzene rings is 1. The molecule has 1 aromatic rings. The number of rotatable bonds is 9. The highest BCUT2D eigenvalue weighted by molar-refractivity contribution is 5.63. The van der Waals surface area contributed by atoms with E-state index in [1.807, 2.05) is 26.8 Å². The summed E-state index contributed by atoms with van der Waals surface area (Å²) in [7, 11) is 0. The van der Waals surface area contributed by atoms with Crippen LogP contribution in [0, 0.1) is 16.0 Å². The molecule has 3 N–H and O–H groups in total. The molecule has 6 nitrogen and oxygen atoms in total. The Morgan fingerprint density at radius 2 is 1.71 bits per heavy atom. The van der Waals surface area contributed by atoms with E-state index in [9.17, 15) is 15.2 Å². The third kappa shape index (κ3) is 5.23. The van der Waals surface area contributed by atoms with Gasteiger partial charge in [0.2, 0.25) is 0 Å². The van der Waals surface area contributed by atoms with Crippen molar-refractivity contribution in [2.45, 2.75) is 39.7 Å². The lowest BCUT2D eigenvalue weighted by atomic mass is 9.96. The van der Waals surface area contributed by atoms with Gasteiger partial charge in [0.25, 0.3) is 5.69 Å². The third-order valence-electron chi connectivity index (χ3n) is 3.62. The molecule has 0 aliphatic heterocycles. The van der Waals surface area contributed by atoms with Gasteiger partial charge in [-0.2, -0.15) is 0 Å². The predicted molar refractivity (Wildman–Crippen MR) is 85.8 cm³/mol. The Balaban J connectivity index is 2.79. The van der Waals surface area contributed by atoms with Gasteiger partial charge in [-0.15, -0.1) is 0 Å². The van der Waals surface area contributed by atoms with E-state index in [0.29, 0.717) is 24.5 Å². The lowest BCUT2D eigenvalue weighted by Crippen LogP contribution is -2.27. The molecule has 118 valence electrons. The second kappa shape index (κ2) is 8.46. The van der Waals surface area contributed by atoms with Crippen molar-refractivity contribution in [3.05, 3.63) is 28.3 Å². The zero-order valence-corrected chi connectivity index (χ0v) is 12.9. The van der Waals surface area contributed by atoms with Crippen molar-refractivity contribution in [2.75, 3.05) is 23.7 Å². The number of nitrogens with one attached hydrogen (secondary N) is 2. The van der Waals surface area contributed by atoms with E-state index in [0.717, 1.165) is 12.8 Å². The molecule has 1 unspecified atom stereocenters. The summed E-state index contributed by atoms with van der Waals surface area (Å²) in [6, 6.07) is 4.81. The first-order valence-corrected chi connectivity index (χ1v) is 7.47. The van der Waals surface area contributed by atoms with Gasteiger partial charge in [0, 0.05) is 36.6 Å². The van der Waals surface area contributed by atoms with E-state index in [1.54, 1.807) is 0 Å². The monoisotopic (exact) mass is 295 g/mol. The van der Waals surface area contributed by atoms with Crippen molar-refractivity contribution in [2.24, 2.45) is 5.92 Å². The minimum Gasteiger partial charge on any atom is -0.391 e. The molecule has 6 heteroatoms. The van der Waals surface area contributed by atoms with Gasteiger partial charge in [0.15, 0.2) is 0 Å². The molecule has 0 saturated carbocycles. The number of hydrogen-bond donors (Lipinski definition) is 3. The van der Waals surface area contributed by atoms with E-state index >= 15 is 0 Å². The van der Waals surface area contributed by atoms with Crippen molar-refractivity contribution in [1.82, 2.24) is 0 Å². The highest BCUT2D eigenvalue weighted by atomic mass is 16.6. The molecule has 0 amide bonds. The van der Waals surface area contributed by atoms with E-state index < -0.39 is 11.0 Å². The summed E-state index contributed by atoms with van der Waals surface area (Å²) < 4.78 is 0. The largest absolute Gasteiger partial charge is 0.391 e. The molecule has 0 aromatic heterocycles. The quantitative estimate of drug-likeness (QED) is 0.481. The third-order valence-corrected chi connectivity index (χ3v) is 3.62. The zero-order valence-electron chi connectivity index (χ0n) is 12.9. The average molecular weight is 295 g/mol. The van der Waals surface area contributed by atoms with Gasteiger partial charge in [-0.3, -0.25) is 10.1 Å². The predicted octanol–water partition coefficient (Wildman–Crippen LogP) is 3.24. The summed E-state index contributed by atoms with van der Waals surface area (Å²) >= 11 is 0. The zero-order chi connectivity index (χ0) is 15.8. The second-order valence-electron chi connectivity index (χ2n) is 5.08. The number of anilines is 2. The molecular weight excluding hydrogens is 270 g/mol. The number of nitro benzene ring substituents is 1. The maximum atomic E-state index is 10.9. The highest BCUT2D eigenvalue weighted by Gasteiger charge is 2.16. The number of aliphatic hydroxyl groups excluding tert-OH is 1. The summed E-state index contributed by atoms with van der Waals surface area (Å²) in [4.78, 5) is 10.5. The minimum atomic E-state index is -0.457. The second-order valence-corrected chi connectivity index (χ2v) is 5.08. The van der Waals surface area contributed by atoms with E-state index in [1.165, 1.54) is 12.1 Å². The normalized spacial score (nSPS) is 12.2. The van der Waals surface area contributed by atoms with Gasteiger partial charge in [0.1, 0.15) is 0 Å². The van der Waals surface area contributed by atoms with Gasteiger partial charge in [-0.25, -0.2) is 0 Å². The smallest absolute Gasteiger partial charge is 0.273 e. The Morgan fingerprint density at radius 3 is 2.19 bits per heavy atom. The molecule has 1 aromatic carbocycles. The molecule has 21 heavy (non-hydrogen) atoms. The number of nitro groups is 1. The van der Waals surface area contributed by atoms with E-state index in [2.05, 4.69) is 10.6 Å². The maximum absolute atomic E-state index is 10.9. The Labute approximate surface area is 125 Å². The number of hydrogen-bond acceptors (Lipinski definition) is 5. The first-order chi connectivity index (χ1) is 10.0. The Morgan fingerprint density at radius 1 is 1.14 bits per heavy atom. The van der Waals surface area contributed by atoms with Crippen LogP contribution in [-0.4, -0.2) is 29.2 Å². The molecular formula is C15H25N3O3. The van der Waals surface area contributed by atoms with Crippen LogP contribution in [-0.2, 0) is 0 Å². The van der Waals surface area contributed by atoms with Crippen LogP contribution in [0.25, 0.3) is 0 Å². The van der Waals surface area contributed by atoms with Crippen LogP contribution in [0.4, 0.5) is 17.1 Å². The van der Waals surface area contributed by atoms with Crippen LogP contribution < -0.4 is 10.6 Å². The Bertz CT molecular complexity index is 461. The number of aliphatic hydroxyl groups is 1. The van der Waals surface area contributed by atoms with E-state index in [-0.39, 0.29) is 11.6 Å². The van der Waals surface area contributed by atoms with Crippen LogP contribution >= 0.6 is 0 Å². The highest BCUT2D eigenvalue weighted by Crippen LogP contribution is 2.24. The Kier molecular flexibility index (Phi) is 6.94. The van der Waals surface area contributed by atoms with Crippen LogP contribution in [0.1, 0.15) is 33.6 Å². The lowest BCUT2D eigenvalue weighted by Gasteiger charge is -2.21. The molecule has 0 heterocycles. The molecule has 0 bridgehead atoms. The summed E-state index contributed by atoms with van der Waals surface area (Å²) in [5, 5.41) is 27.2. The van der Waals surface area contributed by atoms with Gasteiger partial charge >= 0.3 is 0 Å². The van der Waals surface area contributed by atoms with Gasteiger partial charge in [0.05, 0.1) is 11.0 Å². The molecule has 0 aliphatic carbocycles. The molecule has 0 radical (unpaired) electrons. The van der Waals surface area contributed by atoms with Crippen LogP contribution in [0.15, 0.2) is 18.2 Å². The van der Waals surface area contributed by atoms with Crippen molar-refractivity contribution >= 4 is 17.1 Å². The summed E-state index contributed by atoms with van der Waals surface area (Å²) in [6.07, 6.45) is 1.37. The molecule has 0 fully saturated rings. The minimum absolute atomic E-state index is 0.0352. The first-order valence-electron chi connectivity index (χ1n) is 7.47. The van der Waals surface area contributed by atoms with Crippen LogP contribution in [0.3, 0.4) is 0 Å². The lowest BCUT2D eigenvalue weighted by molar-refractivity contribution is -0.384. The van der Waals surface area contributed by atoms with Crippen LogP contribution in [0.2, 0.25) is 0 Å². The molecule has 1 atom stereocenters. The number of non-ortho nitro benzene ring substituents is 1.